The summed E-state index contributed by atoms with van der Waals surface area (Å²) in [5, 5.41) is 2.35. The predicted octanol–water partition coefficient (Wildman–Crippen LogP) is 2.91. The maximum Gasteiger partial charge on any atom is 0.271 e. The monoisotopic (exact) mass is 381 g/mol. The summed E-state index contributed by atoms with van der Waals surface area (Å²) in [4.78, 5) is 28.3. The summed E-state index contributed by atoms with van der Waals surface area (Å²) in [5.74, 6) is -1.82. The average Bonchev–Trinajstić information content (AvgIpc) is 2.66. The first-order valence-corrected chi connectivity index (χ1v) is 8.98. The molecule has 0 radical (unpaired) electrons. The van der Waals surface area contributed by atoms with E-state index < -0.39 is 17.6 Å². The molecule has 136 valence electrons. The number of amides is 2. The van der Waals surface area contributed by atoms with E-state index in [4.69, 9.17) is 12.2 Å². The Hall–Kier alpha value is -3.06. The Morgan fingerprint density at radius 2 is 1.74 bits per heavy atom. The number of nitrogens with one attached hydrogen (secondary N) is 1. The Balaban J connectivity index is 1.74. The molecule has 2 aliphatic heterocycles. The summed E-state index contributed by atoms with van der Waals surface area (Å²) in [6.07, 6.45) is 3.39. The normalized spacial score (nSPS) is 18.6. The van der Waals surface area contributed by atoms with Crippen LogP contribution in [-0.4, -0.2) is 23.5 Å². The van der Waals surface area contributed by atoms with Crippen LogP contribution in [0.25, 0.3) is 0 Å². The van der Waals surface area contributed by atoms with Gasteiger partial charge in [-0.05, 0) is 48.8 Å². The minimum Gasteiger partial charge on any atom is -0.347 e. The smallest absolute Gasteiger partial charge is 0.271 e. The zero-order chi connectivity index (χ0) is 19.0. The molecule has 2 heterocycles. The molecule has 7 heteroatoms. The molecule has 2 amide bonds. The number of nitrogens with zero attached hydrogens (tertiary/aromatic N) is 2. The van der Waals surface area contributed by atoms with Crippen LogP contribution in [-0.2, 0) is 16.0 Å². The molecule has 27 heavy (non-hydrogen) atoms. The molecule has 5 nitrogen and oxygen atoms in total. The lowest BCUT2D eigenvalue weighted by Crippen LogP contribution is -2.55. The van der Waals surface area contributed by atoms with Crippen molar-refractivity contribution in [3.8, 4) is 0 Å². The number of hydrogen-bond donors (Lipinski definition) is 1. The van der Waals surface area contributed by atoms with Crippen molar-refractivity contribution in [2.75, 3.05) is 16.3 Å². The van der Waals surface area contributed by atoms with Gasteiger partial charge >= 0.3 is 0 Å². The maximum absolute atomic E-state index is 14.2. The van der Waals surface area contributed by atoms with E-state index in [2.05, 4.69) is 5.32 Å². The number of carbonyl (C=O) groups excluding carboxylic acids is 2. The van der Waals surface area contributed by atoms with E-state index in [1.807, 2.05) is 29.2 Å². The Morgan fingerprint density at radius 3 is 2.52 bits per heavy atom. The number of rotatable bonds is 2. The molecule has 0 unspecified atom stereocenters. The number of fused-ring (bicyclic) bond motifs is 1. The molecule has 0 aromatic heterocycles. The highest BCUT2D eigenvalue weighted by Gasteiger charge is 2.36. The van der Waals surface area contributed by atoms with Gasteiger partial charge in [0.15, 0.2) is 5.11 Å². The summed E-state index contributed by atoms with van der Waals surface area (Å²) >= 11 is 5.11. The van der Waals surface area contributed by atoms with Gasteiger partial charge in [-0.25, -0.2) is 9.29 Å². The predicted molar refractivity (Wildman–Crippen MR) is 105 cm³/mol. The fourth-order valence-electron chi connectivity index (χ4n) is 3.35. The first-order chi connectivity index (χ1) is 13.1. The van der Waals surface area contributed by atoms with E-state index in [0.717, 1.165) is 29.0 Å². The van der Waals surface area contributed by atoms with Crippen molar-refractivity contribution in [2.24, 2.45) is 0 Å². The van der Waals surface area contributed by atoms with E-state index >= 15 is 0 Å². The van der Waals surface area contributed by atoms with Crippen molar-refractivity contribution < 1.29 is 14.0 Å². The lowest BCUT2D eigenvalue weighted by Gasteiger charge is -2.32. The van der Waals surface area contributed by atoms with Crippen molar-refractivity contribution in [1.82, 2.24) is 5.32 Å². The van der Waals surface area contributed by atoms with E-state index in [-0.39, 0.29) is 16.4 Å². The van der Waals surface area contributed by atoms with Crippen molar-refractivity contribution >= 4 is 40.5 Å². The molecule has 1 fully saturated rings. The Kier molecular flexibility index (Phi) is 4.45. The van der Waals surface area contributed by atoms with Crippen molar-refractivity contribution in [1.29, 1.82) is 0 Å². The second-order valence-corrected chi connectivity index (χ2v) is 6.71. The van der Waals surface area contributed by atoms with Crippen LogP contribution < -0.4 is 15.1 Å². The Morgan fingerprint density at radius 1 is 1.04 bits per heavy atom. The lowest BCUT2D eigenvalue weighted by atomic mass is 10.0. The number of benzene rings is 2. The molecule has 1 N–H and O–H groups in total. The molecule has 2 aromatic carbocycles. The minimum absolute atomic E-state index is 0.0115. The van der Waals surface area contributed by atoms with Gasteiger partial charge in [-0.3, -0.25) is 14.9 Å². The van der Waals surface area contributed by atoms with Crippen LogP contribution in [0.15, 0.2) is 60.3 Å². The third-order valence-electron chi connectivity index (χ3n) is 4.63. The van der Waals surface area contributed by atoms with Crippen LogP contribution >= 0.6 is 12.2 Å². The zero-order valence-electron chi connectivity index (χ0n) is 14.3. The molecule has 0 atom stereocenters. The molecular weight excluding hydrogens is 365 g/mol. The molecule has 1 saturated heterocycles. The second kappa shape index (κ2) is 6.92. The summed E-state index contributed by atoms with van der Waals surface area (Å²) in [6, 6.07) is 13.7. The lowest BCUT2D eigenvalue weighted by molar-refractivity contribution is -0.122. The molecule has 0 spiro atoms. The SMILES string of the molecule is O=C1NC(=S)N(c2ccccc2F)C(=O)/C1=C/N1CCCc2ccccc21. The van der Waals surface area contributed by atoms with Crippen LogP contribution in [0.2, 0.25) is 0 Å². The summed E-state index contributed by atoms with van der Waals surface area (Å²) in [5.41, 5.74) is 2.05. The van der Waals surface area contributed by atoms with E-state index in [0.29, 0.717) is 6.54 Å². The molecule has 0 bridgehead atoms. The number of para-hydroxylation sites is 2. The van der Waals surface area contributed by atoms with Gasteiger partial charge < -0.3 is 4.90 Å². The average molecular weight is 381 g/mol. The molecular formula is C20H16FN3O2S. The molecule has 2 aromatic rings. The Labute approximate surface area is 161 Å². The fraction of sp³-hybridized carbons (Fsp3) is 0.150. The summed E-state index contributed by atoms with van der Waals surface area (Å²) in [7, 11) is 0. The highest BCUT2D eigenvalue weighted by Crippen LogP contribution is 2.29. The molecule has 4 rings (SSSR count). The highest BCUT2D eigenvalue weighted by molar-refractivity contribution is 7.80. The van der Waals surface area contributed by atoms with E-state index in [9.17, 15) is 14.0 Å². The number of thiocarbonyl (C=S) groups is 1. The highest BCUT2D eigenvalue weighted by atomic mass is 32.1. The van der Waals surface area contributed by atoms with Crippen LogP contribution in [0.5, 0.6) is 0 Å². The quantitative estimate of drug-likeness (QED) is 0.494. The van der Waals surface area contributed by atoms with Crippen molar-refractivity contribution in [3.63, 3.8) is 0 Å². The molecule has 0 aliphatic carbocycles. The van der Waals surface area contributed by atoms with E-state index in [1.165, 1.54) is 24.4 Å². The first kappa shape index (κ1) is 17.4. The first-order valence-electron chi connectivity index (χ1n) is 8.57. The van der Waals surface area contributed by atoms with Gasteiger partial charge in [0.05, 0.1) is 5.69 Å². The van der Waals surface area contributed by atoms with Crippen LogP contribution in [0.1, 0.15) is 12.0 Å². The molecule has 0 saturated carbocycles. The fourth-order valence-corrected chi connectivity index (χ4v) is 3.62. The number of hydrogen-bond acceptors (Lipinski definition) is 4. The second-order valence-electron chi connectivity index (χ2n) is 6.32. The van der Waals surface area contributed by atoms with Crippen LogP contribution in [0.3, 0.4) is 0 Å². The van der Waals surface area contributed by atoms with Gasteiger partial charge in [0.2, 0.25) is 0 Å². The largest absolute Gasteiger partial charge is 0.347 e. The Bertz CT molecular complexity index is 989. The number of aryl methyl sites for hydroxylation is 1. The topological polar surface area (TPSA) is 52.7 Å². The number of halogens is 1. The van der Waals surface area contributed by atoms with Gasteiger partial charge in [-0.15, -0.1) is 0 Å². The maximum atomic E-state index is 14.2. The van der Waals surface area contributed by atoms with Gasteiger partial charge in [0.25, 0.3) is 11.8 Å². The van der Waals surface area contributed by atoms with Gasteiger partial charge in [-0.2, -0.15) is 0 Å². The summed E-state index contributed by atoms with van der Waals surface area (Å²) < 4.78 is 14.2. The third kappa shape index (κ3) is 3.10. The van der Waals surface area contributed by atoms with Gasteiger partial charge in [0.1, 0.15) is 11.4 Å². The van der Waals surface area contributed by atoms with E-state index in [1.54, 1.807) is 6.07 Å². The van der Waals surface area contributed by atoms with Crippen LogP contribution in [0.4, 0.5) is 15.8 Å². The zero-order valence-corrected chi connectivity index (χ0v) is 15.1. The summed E-state index contributed by atoms with van der Waals surface area (Å²) in [6.45, 7) is 0.686. The van der Waals surface area contributed by atoms with Gasteiger partial charge in [-0.1, -0.05) is 30.3 Å². The van der Waals surface area contributed by atoms with Crippen LogP contribution in [0, 0.1) is 5.82 Å². The number of carbonyl (C=O) groups is 2. The van der Waals surface area contributed by atoms with Crippen molar-refractivity contribution in [2.45, 2.75) is 12.8 Å². The number of anilines is 2. The van der Waals surface area contributed by atoms with Gasteiger partial charge in [0, 0.05) is 18.4 Å². The van der Waals surface area contributed by atoms with Crippen molar-refractivity contribution in [3.05, 3.63) is 71.7 Å². The molecule has 2 aliphatic rings. The third-order valence-corrected chi connectivity index (χ3v) is 4.91. The minimum atomic E-state index is -0.642. The standard InChI is InChI=1S/C20H16FN3O2S/c21-15-8-2-4-10-17(15)24-19(26)14(18(25)22-20(24)27)12-23-11-5-7-13-6-1-3-9-16(13)23/h1-4,6,8-10,12H,5,7,11H2,(H,22,25,27)/b14-12+.